The standard InChI is InChI=1S/C10H6ClF3N4S/c11-7-4-6(10(12,13)14)5-18-8(7)16-17-9(18)19-3-1-2-15/h4-5H,1,3H2. The molecule has 0 aliphatic heterocycles. The normalized spacial score (nSPS) is 11.7. The maximum Gasteiger partial charge on any atom is 0.417 e. The molecule has 0 unspecified atom stereocenters. The van der Waals surface area contributed by atoms with Crippen LogP contribution in [-0.2, 0) is 6.18 Å². The molecule has 0 N–H and O–H groups in total. The summed E-state index contributed by atoms with van der Waals surface area (Å²) in [4.78, 5) is 0. The minimum absolute atomic E-state index is 0.116. The molecule has 0 radical (unpaired) electrons. The highest BCUT2D eigenvalue weighted by Crippen LogP contribution is 2.33. The van der Waals surface area contributed by atoms with Gasteiger partial charge in [-0.2, -0.15) is 18.4 Å². The van der Waals surface area contributed by atoms with Crippen molar-refractivity contribution in [2.75, 3.05) is 5.75 Å². The molecule has 9 heteroatoms. The molecule has 0 aliphatic carbocycles. The van der Waals surface area contributed by atoms with Crippen LogP contribution >= 0.6 is 23.4 Å². The third-order valence-corrected chi connectivity index (χ3v) is 3.42. The van der Waals surface area contributed by atoms with Crippen molar-refractivity contribution in [3.8, 4) is 6.07 Å². The highest BCUT2D eigenvalue weighted by Gasteiger charge is 2.32. The van der Waals surface area contributed by atoms with Gasteiger partial charge >= 0.3 is 6.18 Å². The molecule has 0 amide bonds. The van der Waals surface area contributed by atoms with Crippen molar-refractivity contribution in [3.05, 3.63) is 22.8 Å². The summed E-state index contributed by atoms with van der Waals surface area (Å²) in [6.07, 6.45) is -3.32. The number of pyridine rings is 1. The summed E-state index contributed by atoms with van der Waals surface area (Å²) in [6, 6.07) is 2.76. The molecule has 100 valence electrons. The molecule has 0 spiro atoms. The van der Waals surface area contributed by atoms with E-state index < -0.39 is 11.7 Å². The third-order valence-electron chi connectivity index (χ3n) is 2.20. The molecule has 0 bridgehead atoms. The molecule has 0 aromatic carbocycles. The zero-order chi connectivity index (χ0) is 14.0. The number of fused-ring (bicyclic) bond motifs is 1. The van der Waals surface area contributed by atoms with Crippen molar-refractivity contribution < 1.29 is 13.2 Å². The Morgan fingerprint density at radius 1 is 1.42 bits per heavy atom. The van der Waals surface area contributed by atoms with Crippen LogP contribution in [0.2, 0.25) is 5.02 Å². The van der Waals surface area contributed by atoms with Crippen molar-refractivity contribution in [2.24, 2.45) is 0 Å². The van der Waals surface area contributed by atoms with Gasteiger partial charge in [-0.15, -0.1) is 10.2 Å². The van der Waals surface area contributed by atoms with Gasteiger partial charge in [0.15, 0.2) is 10.8 Å². The topological polar surface area (TPSA) is 54.0 Å². The lowest BCUT2D eigenvalue weighted by Gasteiger charge is -2.08. The number of aromatic nitrogens is 3. The Labute approximate surface area is 115 Å². The monoisotopic (exact) mass is 306 g/mol. The van der Waals surface area contributed by atoms with Crippen LogP contribution in [0.5, 0.6) is 0 Å². The Bertz CT molecular complexity index is 646. The molecule has 0 atom stereocenters. The van der Waals surface area contributed by atoms with Crippen LogP contribution in [0.25, 0.3) is 5.65 Å². The van der Waals surface area contributed by atoms with Gasteiger partial charge in [-0.3, -0.25) is 4.40 Å². The average Bonchev–Trinajstić information content (AvgIpc) is 2.72. The lowest BCUT2D eigenvalue weighted by atomic mass is 10.3. The number of nitrogens with zero attached hydrogens (tertiary/aromatic N) is 4. The van der Waals surface area contributed by atoms with Crippen molar-refractivity contribution >= 4 is 29.0 Å². The second-order valence-corrected chi connectivity index (χ2v) is 4.98. The lowest BCUT2D eigenvalue weighted by Crippen LogP contribution is -2.07. The molecule has 2 rings (SSSR count). The van der Waals surface area contributed by atoms with Crippen molar-refractivity contribution in [1.82, 2.24) is 14.6 Å². The summed E-state index contributed by atoms with van der Waals surface area (Å²) in [6.45, 7) is 0. The minimum Gasteiger partial charge on any atom is -0.276 e. The van der Waals surface area contributed by atoms with Gasteiger partial charge in [0.1, 0.15) is 0 Å². The molecule has 4 nitrogen and oxygen atoms in total. The largest absolute Gasteiger partial charge is 0.417 e. The number of hydrogen-bond acceptors (Lipinski definition) is 4. The molecule has 2 heterocycles. The molecule has 0 aliphatic rings. The number of rotatable bonds is 3. The van der Waals surface area contributed by atoms with E-state index in [1.165, 1.54) is 4.40 Å². The Hall–Kier alpha value is -1.46. The summed E-state index contributed by atoms with van der Waals surface area (Å²) in [5, 5.41) is 16.1. The van der Waals surface area contributed by atoms with Crippen LogP contribution in [0.15, 0.2) is 17.4 Å². The highest BCUT2D eigenvalue weighted by molar-refractivity contribution is 7.99. The first kappa shape index (κ1) is 14.0. The second kappa shape index (κ2) is 5.27. The van der Waals surface area contributed by atoms with E-state index in [1.54, 1.807) is 0 Å². The van der Waals surface area contributed by atoms with Gasteiger partial charge in [-0.1, -0.05) is 23.4 Å². The number of nitriles is 1. The molecular formula is C10H6ClF3N4S. The predicted molar refractivity (Wildman–Crippen MR) is 64.0 cm³/mol. The predicted octanol–water partition coefficient (Wildman–Crippen LogP) is 3.41. The average molecular weight is 307 g/mol. The van der Waals surface area contributed by atoms with E-state index in [0.717, 1.165) is 24.0 Å². The first-order valence-electron chi connectivity index (χ1n) is 5.04. The van der Waals surface area contributed by atoms with E-state index in [4.69, 9.17) is 16.9 Å². The van der Waals surface area contributed by atoms with Gasteiger partial charge in [0.2, 0.25) is 0 Å². The Morgan fingerprint density at radius 3 is 2.79 bits per heavy atom. The van der Waals surface area contributed by atoms with Crippen LogP contribution in [0.4, 0.5) is 13.2 Å². The number of hydrogen-bond donors (Lipinski definition) is 0. The third kappa shape index (κ3) is 2.93. The van der Waals surface area contributed by atoms with Gasteiger partial charge in [0, 0.05) is 18.4 Å². The van der Waals surface area contributed by atoms with E-state index in [2.05, 4.69) is 10.2 Å². The minimum atomic E-state index is -4.49. The summed E-state index contributed by atoms with van der Waals surface area (Å²) < 4.78 is 39.2. The fourth-order valence-corrected chi connectivity index (χ4v) is 2.37. The van der Waals surface area contributed by atoms with Crippen molar-refractivity contribution in [3.63, 3.8) is 0 Å². The maximum atomic E-state index is 12.7. The molecule has 2 aromatic rings. The van der Waals surface area contributed by atoms with Crippen LogP contribution in [-0.4, -0.2) is 20.4 Å². The Balaban J connectivity index is 2.45. The smallest absolute Gasteiger partial charge is 0.276 e. The van der Waals surface area contributed by atoms with E-state index >= 15 is 0 Å². The number of thioether (sulfide) groups is 1. The van der Waals surface area contributed by atoms with Crippen LogP contribution in [0.1, 0.15) is 12.0 Å². The summed E-state index contributed by atoms with van der Waals surface area (Å²) in [7, 11) is 0. The van der Waals surface area contributed by atoms with Gasteiger partial charge in [0.05, 0.1) is 16.7 Å². The molecule has 19 heavy (non-hydrogen) atoms. The molecular weight excluding hydrogens is 301 g/mol. The summed E-state index contributed by atoms with van der Waals surface area (Å²) in [5.41, 5.74) is -0.707. The molecule has 0 saturated carbocycles. The van der Waals surface area contributed by atoms with Crippen molar-refractivity contribution in [2.45, 2.75) is 17.8 Å². The van der Waals surface area contributed by atoms with Crippen LogP contribution in [0.3, 0.4) is 0 Å². The van der Waals surface area contributed by atoms with E-state index in [0.29, 0.717) is 5.75 Å². The Kier molecular flexibility index (Phi) is 3.87. The van der Waals surface area contributed by atoms with Gasteiger partial charge < -0.3 is 0 Å². The van der Waals surface area contributed by atoms with Gasteiger partial charge in [-0.25, -0.2) is 0 Å². The van der Waals surface area contributed by atoms with Crippen LogP contribution in [0, 0.1) is 11.3 Å². The Morgan fingerprint density at radius 2 is 2.16 bits per heavy atom. The zero-order valence-corrected chi connectivity index (χ0v) is 10.9. The molecule has 0 saturated heterocycles. The SMILES string of the molecule is N#CCCSc1nnc2c(Cl)cc(C(F)(F)F)cn12. The van der Waals surface area contributed by atoms with Gasteiger partial charge in [0.25, 0.3) is 0 Å². The van der Waals surface area contributed by atoms with Crippen molar-refractivity contribution in [1.29, 1.82) is 5.26 Å². The highest BCUT2D eigenvalue weighted by atomic mass is 35.5. The maximum absolute atomic E-state index is 12.7. The fourth-order valence-electron chi connectivity index (χ4n) is 1.38. The first-order valence-corrected chi connectivity index (χ1v) is 6.41. The first-order chi connectivity index (χ1) is 8.93. The summed E-state index contributed by atoms with van der Waals surface area (Å²) >= 11 is 6.91. The number of alkyl halides is 3. The van der Waals surface area contributed by atoms with Gasteiger partial charge in [-0.05, 0) is 6.07 Å². The molecule has 0 fully saturated rings. The zero-order valence-electron chi connectivity index (χ0n) is 9.28. The number of halogens is 4. The van der Waals surface area contributed by atoms with E-state index in [9.17, 15) is 13.2 Å². The van der Waals surface area contributed by atoms with E-state index in [1.807, 2.05) is 6.07 Å². The van der Waals surface area contributed by atoms with E-state index in [-0.39, 0.29) is 22.2 Å². The summed E-state index contributed by atoms with van der Waals surface area (Å²) in [5.74, 6) is 0.422. The molecule has 2 aromatic heterocycles. The lowest BCUT2D eigenvalue weighted by molar-refractivity contribution is -0.137. The fraction of sp³-hybridized carbons (Fsp3) is 0.300. The quantitative estimate of drug-likeness (QED) is 0.644. The second-order valence-electron chi connectivity index (χ2n) is 3.51. The van der Waals surface area contributed by atoms with Crippen LogP contribution < -0.4 is 0 Å².